The zero-order chi connectivity index (χ0) is 19.4. The van der Waals surface area contributed by atoms with Crippen molar-refractivity contribution in [1.29, 1.82) is 0 Å². The summed E-state index contributed by atoms with van der Waals surface area (Å²) in [4.78, 5) is 27.3. The van der Waals surface area contributed by atoms with E-state index in [4.69, 9.17) is 0 Å². The van der Waals surface area contributed by atoms with Crippen LogP contribution in [0.4, 0.5) is 10.8 Å². The second-order valence-corrected chi connectivity index (χ2v) is 6.83. The molecule has 9 heteroatoms. The van der Waals surface area contributed by atoms with Crippen LogP contribution < -0.4 is 10.7 Å². The molecule has 0 bridgehead atoms. The van der Waals surface area contributed by atoms with Gasteiger partial charge >= 0.3 is 0 Å². The third-order valence-electron chi connectivity index (χ3n) is 3.85. The number of aromatic nitrogens is 1. The molecule has 0 unspecified atom stereocenters. The molecule has 0 aliphatic heterocycles. The quantitative estimate of drug-likeness (QED) is 0.384. The van der Waals surface area contributed by atoms with Crippen LogP contribution in [0.3, 0.4) is 0 Å². The minimum Gasteiger partial charge on any atom is -0.350 e. The molecule has 2 N–H and O–H groups in total. The van der Waals surface area contributed by atoms with Crippen LogP contribution in [0.2, 0.25) is 0 Å². The molecule has 2 aromatic carbocycles. The van der Waals surface area contributed by atoms with Crippen molar-refractivity contribution in [3.63, 3.8) is 0 Å². The minimum absolute atomic E-state index is 0.0614. The third kappa shape index (κ3) is 4.26. The molecule has 0 spiro atoms. The Morgan fingerprint density at radius 2 is 1.93 bits per heavy atom. The Hall–Kier alpha value is -3.33. The number of carbonyl (C=O) groups excluding carboxylic acids is 1. The van der Waals surface area contributed by atoms with Gasteiger partial charge in [-0.15, -0.1) is 0 Å². The molecule has 1 atom stereocenters. The van der Waals surface area contributed by atoms with Gasteiger partial charge in [0.1, 0.15) is 6.04 Å². The Morgan fingerprint density at radius 1 is 1.22 bits per heavy atom. The van der Waals surface area contributed by atoms with Gasteiger partial charge in [-0.3, -0.25) is 14.9 Å². The number of nitrogens with zero attached hydrogens (tertiary/aromatic N) is 3. The number of nitro groups is 1. The van der Waals surface area contributed by atoms with Crippen LogP contribution in [0.5, 0.6) is 0 Å². The summed E-state index contributed by atoms with van der Waals surface area (Å²) < 4.78 is 1.03. The molecule has 1 amide bonds. The summed E-state index contributed by atoms with van der Waals surface area (Å²) in [6, 6.07) is 13.4. The van der Waals surface area contributed by atoms with Gasteiger partial charge in [-0.25, -0.2) is 10.4 Å². The van der Waals surface area contributed by atoms with Crippen molar-refractivity contribution in [2.75, 3.05) is 5.32 Å². The summed E-state index contributed by atoms with van der Waals surface area (Å²) in [5.74, 6) is -0.368. The molecule has 0 saturated heterocycles. The number of nitro benzene ring substituents is 1. The van der Waals surface area contributed by atoms with Gasteiger partial charge in [0.15, 0.2) is 5.13 Å². The van der Waals surface area contributed by atoms with Gasteiger partial charge in [-0.1, -0.05) is 35.6 Å². The summed E-state index contributed by atoms with van der Waals surface area (Å²) in [5, 5.41) is 18.8. The average Bonchev–Trinajstić information content (AvgIpc) is 3.07. The summed E-state index contributed by atoms with van der Waals surface area (Å²) >= 11 is 1.46. The number of hydrogen-bond acceptors (Lipinski definition) is 7. The molecule has 0 fully saturated rings. The van der Waals surface area contributed by atoms with E-state index in [9.17, 15) is 14.9 Å². The van der Waals surface area contributed by atoms with Crippen molar-refractivity contribution in [2.45, 2.75) is 19.9 Å². The first-order valence-corrected chi connectivity index (χ1v) is 8.97. The highest BCUT2D eigenvalue weighted by atomic mass is 32.1. The van der Waals surface area contributed by atoms with Gasteiger partial charge in [0.05, 0.1) is 26.4 Å². The molecule has 0 saturated carbocycles. The van der Waals surface area contributed by atoms with Crippen LogP contribution in [0.25, 0.3) is 10.2 Å². The Bertz CT molecular complexity index is 998. The molecule has 0 aliphatic carbocycles. The number of anilines is 1. The molecule has 0 aliphatic rings. The number of thiazole rings is 1. The number of fused-ring (bicyclic) bond motifs is 1. The summed E-state index contributed by atoms with van der Waals surface area (Å²) in [5.41, 5.74) is 3.95. The third-order valence-corrected chi connectivity index (χ3v) is 4.82. The maximum absolute atomic E-state index is 12.3. The molecule has 1 heterocycles. The molecule has 0 radical (unpaired) electrons. The van der Waals surface area contributed by atoms with Crippen molar-refractivity contribution < 1.29 is 9.72 Å². The number of amides is 1. The molecular weight excluding hydrogens is 366 g/mol. The smallest absolute Gasteiger partial charge is 0.278 e. The maximum atomic E-state index is 12.3. The number of carbonyl (C=O) groups is 1. The van der Waals surface area contributed by atoms with Crippen LogP contribution in [0.1, 0.15) is 19.4 Å². The molecule has 138 valence electrons. The van der Waals surface area contributed by atoms with Crippen molar-refractivity contribution in [2.24, 2.45) is 5.10 Å². The predicted octanol–water partition coefficient (Wildman–Crippen LogP) is 3.55. The second-order valence-electron chi connectivity index (χ2n) is 5.80. The fourth-order valence-electron chi connectivity index (χ4n) is 2.42. The maximum Gasteiger partial charge on any atom is 0.278 e. The monoisotopic (exact) mass is 383 g/mol. The first kappa shape index (κ1) is 18.5. The zero-order valence-electron chi connectivity index (χ0n) is 14.7. The summed E-state index contributed by atoms with van der Waals surface area (Å²) in [6.45, 7) is 3.30. The Labute approximate surface area is 159 Å². The Balaban J connectivity index is 1.67. The fraction of sp³-hybridized carbons (Fsp3) is 0.167. The minimum atomic E-state index is -0.576. The fourth-order valence-corrected chi connectivity index (χ4v) is 3.37. The van der Waals surface area contributed by atoms with Crippen LogP contribution in [-0.2, 0) is 4.79 Å². The average molecular weight is 383 g/mol. The van der Waals surface area contributed by atoms with E-state index in [0.717, 1.165) is 10.2 Å². The summed E-state index contributed by atoms with van der Waals surface area (Å²) in [6.07, 6.45) is 0. The van der Waals surface area contributed by atoms with Crippen molar-refractivity contribution in [3.05, 3.63) is 64.2 Å². The highest BCUT2D eigenvalue weighted by Gasteiger charge is 2.17. The predicted molar refractivity (Wildman–Crippen MR) is 106 cm³/mol. The van der Waals surface area contributed by atoms with E-state index < -0.39 is 11.0 Å². The van der Waals surface area contributed by atoms with E-state index in [1.165, 1.54) is 17.4 Å². The van der Waals surface area contributed by atoms with E-state index in [2.05, 4.69) is 20.8 Å². The standard InChI is InChI=1S/C18H17N5O3S/c1-11(13-7-3-5-9-15(13)23(25)26)21-22-17(24)12(2)19-18-20-14-8-4-6-10-16(14)27-18/h3-10,12H,1-2H3,(H,19,20)(H,22,24)/b21-11-/t12-/m0/s1. The molecule has 3 rings (SSSR count). The Kier molecular flexibility index (Phi) is 5.41. The number of benzene rings is 2. The van der Waals surface area contributed by atoms with Crippen LogP contribution >= 0.6 is 11.3 Å². The lowest BCUT2D eigenvalue weighted by atomic mass is 10.1. The van der Waals surface area contributed by atoms with E-state index in [0.29, 0.717) is 16.4 Å². The molecular formula is C18H17N5O3S. The lowest BCUT2D eigenvalue weighted by Crippen LogP contribution is -2.35. The van der Waals surface area contributed by atoms with Gasteiger partial charge in [0.25, 0.3) is 11.6 Å². The van der Waals surface area contributed by atoms with Crippen LogP contribution in [0.15, 0.2) is 53.6 Å². The SMILES string of the molecule is C/C(=N/NC(=O)[C@H](C)Nc1nc2ccccc2s1)c1ccccc1[N+](=O)[O-]. The van der Waals surface area contributed by atoms with Gasteiger partial charge in [0, 0.05) is 6.07 Å². The van der Waals surface area contributed by atoms with Crippen LogP contribution in [0, 0.1) is 10.1 Å². The Morgan fingerprint density at radius 3 is 2.67 bits per heavy atom. The van der Waals surface area contributed by atoms with Crippen molar-refractivity contribution in [3.8, 4) is 0 Å². The van der Waals surface area contributed by atoms with E-state index in [-0.39, 0.29) is 11.6 Å². The van der Waals surface area contributed by atoms with Gasteiger partial charge in [-0.05, 0) is 32.0 Å². The number of rotatable bonds is 6. The molecule has 8 nitrogen and oxygen atoms in total. The topological polar surface area (TPSA) is 110 Å². The molecule has 1 aromatic heterocycles. The largest absolute Gasteiger partial charge is 0.350 e. The number of para-hydroxylation sites is 2. The zero-order valence-corrected chi connectivity index (χ0v) is 15.5. The molecule has 3 aromatic rings. The van der Waals surface area contributed by atoms with E-state index in [1.54, 1.807) is 32.0 Å². The first-order valence-electron chi connectivity index (χ1n) is 8.15. The molecule has 27 heavy (non-hydrogen) atoms. The summed E-state index contributed by atoms with van der Waals surface area (Å²) in [7, 11) is 0. The lowest BCUT2D eigenvalue weighted by Gasteiger charge is -2.11. The number of hydrogen-bond donors (Lipinski definition) is 2. The normalized spacial score (nSPS) is 12.6. The first-order chi connectivity index (χ1) is 13.0. The number of nitrogens with one attached hydrogen (secondary N) is 2. The van der Waals surface area contributed by atoms with E-state index in [1.807, 2.05) is 24.3 Å². The second kappa shape index (κ2) is 7.92. The van der Waals surface area contributed by atoms with E-state index >= 15 is 0 Å². The van der Waals surface area contributed by atoms with Crippen LogP contribution in [-0.4, -0.2) is 27.6 Å². The van der Waals surface area contributed by atoms with Crippen molar-refractivity contribution in [1.82, 2.24) is 10.4 Å². The van der Waals surface area contributed by atoms with Gasteiger partial charge in [0.2, 0.25) is 0 Å². The highest BCUT2D eigenvalue weighted by molar-refractivity contribution is 7.22. The lowest BCUT2D eigenvalue weighted by molar-refractivity contribution is -0.385. The van der Waals surface area contributed by atoms with Gasteiger partial charge < -0.3 is 5.32 Å². The van der Waals surface area contributed by atoms with Crippen molar-refractivity contribution >= 4 is 44.0 Å². The van der Waals surface area contributed by atoms with Gasteiger partial charge in [-0.2, -0.15) is 5.10 Å². The highest BCUT2D eigenvalue weighted by Crippen LogP contribution is 2.25. The number of hydrazone groups is 1.